The second-order valence-electron chi connectivity index (χ2n) is 5.51. The highest BCUT2D eigenvalue weighted by Gasteiger charge is 2.18. The van der Waals surface area contributed by atoms with Gasteiger partial charge in [0.1, 0.15) is 11.0 Å². The quantitative estimate of drug-likeness (QED) is 0.778. The minimum absolute atomic E-state index is 0.531. The average molecular weight is 350 g/mol. The van der Waals surface area contributed by atoms with Crippen molar-refractivity contribution >= 4 is 28.2 Å². The van der Waals surface area contributed by atoms with Gasteiger partial charge >= 0.3 is 0 Å². The van der Waals surface area contributed by atoms with Crippen LogP contribution in [-0.2, 0) is 10.8 Å². The Bertz CT molecular complexity index is 660. The Morgan fingerprint density at radius 2 is 1.74 bits per heavy atom. The fourth-order valence-corrected chi connectivity index (χ4v) is 3.96. The molecule has 2 aromatic rings. The van der Waals surface area contributed by atoms with Crippen molar-refractivity contribution < 1.29 is 4.21 Å². The number of anilines is 1. The molecule has 4 nitrogen and oxygen atoms in total. The molecule has 0 saturated carbocycles. The maximum Gasteiger partial charge on any atom is 0.131 e. The molecule has 0 unspecified atom stereocenters. The summed E-state index contributed by atoms with van der Waals surface area (Å²) >= 11 is 5.95. The van der Waals surface area contributed by atoms with Crippen molar-refractivity contribution in [3.63, 3.8) is 0 Å². The SMILES string of the molecule is O=[S@](CCN1CCN(c2cccc(Cl)n2)CC1)c1ccccc1. The van der Waals surface area contributed by atoms with E-state index in [0.29, 0.717) is 10.9 Å². The molecule has 2 heterocycles. The fourth-order valence-electron chi connectivity index (χ4n) is 2.68. The fraction of sp³-hybridized carbons (Fsp3) is 0.353. The zero-order valence-corrected chi connectivity index (χ0v) is 14.5. The van der Waals surface area contributed by atoms with E-state index < -0.39 is 10.8 Å². The molecule has 0 N–H and O–H groups in total. The van der Waals surface area contributed by atoms with Crippen molar-refractivity contribution in [2.45, 2.75) is 4.90 Å². The Labute approximate surface area is 144 Å². The molecule has 1 atom stereocenters. The van der Waals surface area contributed by atoms with Gasteiger partial charge in [-0.25, -0.2) is 4.98 Å². The number of pyridine rings is 1. The number of hydrogen-bond donors (Lipinski definition) is 0. The first kappa shape index (κ1) is 16.4. The number of halogens is 1. The molecule has 0 bridgehead atoms. The van der Waals surface area contributed by atoms with Crippen molar-refractivity contribution in [2.24, 2.45) is 0 Å². The Morgan fingerprint density at radius 1 is 1.00 bits per heavy atom. The summed E-state index contributed by atoms with van der Waals surface area (Å²) in [5.41, 5.74) is 0. The number of hydrogen-bond acceptors (Lipinski definition) is 4. The summed E-state index contributed by atoms with van der Waals surface area (Å²) in [6, 6.07) is 15.4. The van der Waals surface area contributed by atoms with E-state index in [1.165, 1.54) is 0 Å². The van der Waals surface area contributed by atoms with Crippen LogP contribution < -0.4 is 4.90 Å². The van der Waals surface area contributed by atoms with Crippen LogP contribution in [0.15, 0.2) is 53.4 Å². The molecule has 23 heavy (non-hydrogen) atoms. The van der Waals surface area contributed by atoms with Crippen LogP contribution in [-0.4, -0.2) is 52.6 Å². The number of rotatable bonds is 5. The highest BCUT2D eigenvalue weighted by Crippen LogP contribution is 2.16. The Balaban J connectivity index is 1.47. The van der Waals surface area contributed by atoms with Gasteiger partial charge in [0.25, 0.3) is 0 Å². The van der Waals surface area contributed by atoms with Crippen LogP contribution in [0.3, 0.4) is 0 Å². The standard InChI is InChI=1S/C17H20ClN3OS/c18-16-7-4-8-17(19-16)21-11-9-20(10-12-21)13-14-23(22)15-5-2-1-3-6-15/h1-8H,9-14H2/t23-/m1/s1. The Hall–Kier alpha value is -1.43. The van der Waals surface area contributed by atoms with Gasteiger partial charge in [0.15, 0.2) is 0 Å². The van der Waals surface area contributed by atoms with E-state index in [1.807, 2.05) is 42.5 Å². The van der Waals surface area contributed by atoms with E-state index in [2.05, 4.69) is 14.8 Å². The molecule has 1 saturated heterocycles. The predicted molar refractivity (Wildman–Crippen MR) is 95.6 cm³/mol. The minimum atomic E-state index is -0.918. The Morgan fingerprint density at radius 3 is 2.43 bits per heavy atom. The van der Waals surface area contributed by atoms with Gasteiger partial charge in [-0.2, -0.15) is 0 Å². The summed E-state index contributed by atoms with van der Waals surface area (Å²) in [6.07, 6.45) is 0. The van der Waals surface area contributed by atoms with Gasteiger partial charge in [-0.3, -0.25) is 9.11 Å². The maximum atomic E-state index is 12.3. The summed E-state index contributed by atoms with van der Waals surface area (Å²) in [5, 5.41) is 0.531. The van der Waals surface area contributed by atoms with Gasteiger partial charge in [0.05, 0.1) is 10.8 Å². The van der Waals surface area contributed by atoms with Crippen molar-refractivity contribution in [1.29, 1.82) is 0 Å². The highest BCUT2D eigenvalue weighted by atomic mass is 35.5. The predicted octanol–water partition coefficient (Wildman–Crippen LogP) is 2.66. The van der Waals surface area contributed by atoms with E-state index in [9.17, 15) is 4.21 Å². The minimum Gasteiger partial charge on any atom is -0.354 e. The second kappa shape index (κ2) is 7.90. The molecule has 122 valence electrons. The van der Waals surface area contributed by atoms with Crippen molar-refractivity contribution in [2.75, 3.05) is 43.4 Å². The molecule has 3 rings (SSSR count). The van der Waals surface area contributed by atoms with E-state index in [4.69, 9.17) is 11.6 Å². The van der Waals surface area contributed by atoms with Gasteiger partial charge in [0.2, 0.25) is 0 Å². The van der Waals surface area contributed by atoms with Gasteiger partial charge in [0, 0.05) is 43.4 Å². The van der Waals surface area contributed by atoms with Crippen molar-refractivity contribution in [3.8, 4) is 0 Å². The smallest absolute Gasteiger partial charge is 0.131 e. The summed E-state index contributed by atoms with van der Waals surface area (Å²) in [4.78, 5) is 9.88. The Kier molecular flexibility index (Phi) is 5.65. The van der Waals surface area contributed by atoms with E-state index >= 15 is 0 Å². The van der Waals surface area contributed by atoms with E-state index in [1.54, 1.807) is 6.07 Å². The third-order valence-electron chi connectivity index (χ3n) is 4.00. The zero-order chi connectivity index (χ0) is 16.1. The molecule has 1 aliphatic heterocycles. The molecular weight excluding hydrogens is 330 g/mol. The topological polar surface area (TPSA) is 36.4 Å². The third-order valence-corrected chi connectivity index (χ3v) is 5.56. The van der Waals surface area contributed by atoms with E-state index in [-0.39, 0.29) is 0 Å². The van der Waals surface area contributed by atoms with Gasteiger partial charge in [-0.1, -0.05) is 35.9 Å². The molecular formula is C17H20ClN3OS. The lowest BCUT2D eigenvalue weighted by Crippen LogP contribution is -2.47. The van der Waals surface area contributed by atoms with Crippen molar-refractivity contribution in [3.05, 3.63) is 53.7 Å². The van der Waals surface area contributed by atoms with Crippen molar-refractivity contribution in [1.82, 2.24) is 9.88 Å². The molecule has 0 radical (unpaired) electrons. The van der Waals surface area contributed by atoms with Crippen LogP contribution in [0.5, 0.6) is 0 Å². The first-order chi connectivity index (χ1) is 11.2. The first-order valence-electron chi connectivity index (χ1n) is 7.76. The molecule has 1 aliphatic rings. The molecule has 0 aliphatic carbocycles. The first-order valence-corrected chi connectivity index (χ1v) is 9.45. The molecule has 1 aromatic heterocycles. The zero-order valence-electron chi connectivity index (χ0n) is 12.9. The summed E-state index contributed by atoms with van der Waals surface area (Å²) in [6.45, 7) is 4.62. The van der Waals surface area contributed by atoms with Crippen LogP contribution in [0.25, 0.3) is 0 Å². The second-order valence-corrected chi connectivity index (χ2v) is 7.47. The molecule has 6 heteroatoms. The summed E-state index contributed by atoms with van der Waals surface area (Å²) in [7, 11) is -0.918. The van der Waals surface area contributed by atoms with E-state index in [0.717, 1.165) is 43.4 Å². The third kappa shape index (κ3) is 4.53. The molecule has 0 amide bonds. The molecule has 0 spiro atoms. The molecule has 1 aromatic carbocycles. The summed E-state index contributed by atoms with van der Waals surface area (Å²) in [5.74, 6) is 1.62. The normalized spacial score (nSPS) is 17.2. The lowest BCUT2D eigenvalue weighted by Gasteiger charge is -2.35. The van der Waals surface area contributed by atoms with Crippen LogP contribution >= 0.6 is 11.6 Å². The maximum absolute atomic E-state index is 12.3. The number of aromatic nitrogens is 1. The lowest BCUT2D eigenvalue weighted by atomic mass is 10.3. The van der Waals surface area contributed by atoms with Gasteiger partial charge < -0.3 is 4.90 Å². The molecule has 1 fully saturated rings. The number of nitrogens with zero attached hydrogens (tertiary/aromatic N) is 3. The monoisotopic (exact) mass is 349 g/mol. The largest absolute Gasteiger partial charge is 0.354 e. The highest BCUT2D eigenvalue weighted by molar-refractivity contribution is 7.85. The lowest BCUT2D eigenvalue weighted by molar-refractivity contribution is 0.272. The van der Waals surface area contributed by atoms with Crippen LogP contribution in [0.1, 0.15) is 0 Å². The number of benzene rings is 1. The average Bonchev–Trinajstić information content (AvgIpc) is 2.61. The van der Waals surface area contributed by atoms with Crippen LogP contribution in [0, 0.1) is 0 Å². The van der Waals surface area contributed by atoms with Crippen LogP contribution in [0.4, 0.5) is 5.82 Å². The van der Waals surface area contributed by atoms with Gasteiger partial charge in [-0.05, 0) is 24.3 Å². The van der Waals surface area contributed by atoms with Crippen LogP contribution in [0.2, 0.25) is 5.15 Å². The summed E-state index contributed by atoms with van der Waals surface area (Å²) < 4.78 is 12.3. The number of piperazine rings is 1. The van der Waals surface area contributed by atoms with Gasteiger partial charge in [-0.15, -0.1) is 0 Å².